The number of esters is 1. The van der Waals surface area contributed by atoms with Gasteiger partial charge in [-0.25, -0.2) is 24.6 Å². The minimum atomic E-state index is -5.72. The Labute approximate surface area is 219 Å². The Morgan fingerprint density at radius 1 is 1.23 bits per heavy atom. The second-order valence-corrected chi connectivity index (χ2v) is 9.58. The summed E-state index contributed by atoms with van der Waals surface area (Å²) in [6.07, 6.45) is -5.95. The Morgan fingerprint density at radius 3 is 2.67 bits per heavy atom. The zero-order valence-electron chi connectivity index (χ0n) is 20.0. The molecule has 0 unspecified atom stereocenters. The number of pyridine rings is 1. The Balaban J connectivity index is 1.55. The summed E-state index contributed by atoms with van der Waals surface area (Å²) in [7, 11) is 0. The maximum atomic E-state index is 13.6. The van der Waals surface area contributed by atoms with E-state index in [1.807, 2.05) is 0 Å². The highest BCUT2D eigenvalue weighted by atomic mass is 32.1. The van der Waals surface area contributed by atoms with Gasteiger partial charge < -0.3 is 15.8 Å². The molecule has 17 heteroatoms. The molecule has 4 aromatic heterocycles. The van der Waals surface area contributed by atoms with Gasteiger partial charge in [-0.2, -0.15) is 27.1 Å². The van der Waals surface area contributed by atoms with Crippen LogP contribution in [-0.4, -0.2) is 53.7 Å². The molecule has 0 aromatic carbocycles. The number of nitrogens with zero attached hydrogens (tertiary/aromatic N) is 6. The van der Waals surface area contributed by atoms with Gasteiger partial charge in [-0.15, -0.1) is 11.3 Å². The number of anilines is 2. The van der Waals surface area contributed by atoms with Crippen LogP contribution in [0.2, 0.25) is 0 Å². The maximum absolute atomic E-state index is 13.6. The normalized spacial score (nSPS) is 17.4. The number of carbonyl (C=O) groups is 2. The molecular formula is C22H17F5N8O3S. The fourth-order valence-electron chi connectivity index (χ4n) is 4.12. The maximum Gasteiger partial charge on any atom is 0.453 e. The molecule has 0 spiro atoms. The zero-order valence-corrected chi connectivity index (χ0v) is 20.8. The van der Waals surface area contributed by atoms with Crippen molar-refractivity contribution in [1.82, 2.24) is 29.7 Å². The fourth-order valence-corrected chi connectivity index (χ4v) is 5.01. The molecule has 11 nitrogen and oxygen atoms in total. The van der Waals surface area contributed by atoms with Gasteiger partial charge in [0.25, 0.3) is 0 Å². The van der Waals surface area contributed by atoms with E-state index in [1.165, 1.54) is 30.6 Å². The molecule has 0 bridgehead atoms. The van der Waals surface area contributed by atoms with Crippen LogP contribution in [0.1, 0.15) is 30.8 Å². The third-order valence-corrected chi connectivity index (χ3v) is 7.10. The predicted octanol–water partition coefficient (Wildman–Crippen LogP) is 3.70. The van der Waals surface area contributed by atoms with Gasteiger partial charge in [0.2, 0.25) is 11.8 Å². The number of carbonyl (C=O) groups excluding carboxylic acids is 2. The van der Waals surface area contributed by atoms with Crippen LogP contribution in [0.25, 0.3) is 22.6 Å². The van der Waals surface area contributed by atoms with E-state index < -0.39 is 42.4 Å². The summed E-state index contributed by atoms with van der Waals surface area (Å²) >= 11 is 1.05. The van der Waals surface area contributed by atoms with Gasteiger partial charge in [-0.1, -0.05) is 0 Å². The van der Waals surface area contributed by atoms with Crippen molar-refractivity contribution in [3.63, 3.8) is 0 Å². The van der Waals surface area contributed by atoms with Crippen molar-refractivity contribution in [2.45, 2.75) is 44.3 Å². The van der Waals surface area contributed by atoms with Gasteiger partial charge in [-0.3, -0.25) is 9.59 Å². The van der Waals surface area contributed by atoms with E-state index in [4.69, 9.17) is 10.5 Å². The number of nitrogens with one attached hydrogen (secondary N) is 1. The number of hydrogen-bond donors (Lipinski definition) is 2. The second kappa shape index (κ2) is 8.89. The first-order chi connectivity index (χ1) is 18.2. The lowest BCUT2D eigenvalue weighted by atomic mass is 9.85. The molecule has 39 heavy (non-hydrogen) atoms. The number of alkyl halides is 5. The third-order valence-electron chi connectivity index (χ3n) is 6.05. The summed E-state index contributed by atoms with van der Waals surface area (Å²) < 4.78 is 71.0. The highest BCUT2D eigenvalue weighted by molar-refractivity contribution is 7.10. The summed E-state index contributed by atoms with van der Waals surface area (Å²) in [4.78, 5) is 41.3. The monoisotopic (exact) mass is 568 g/mol. The average Bonchev–Trinajstić information content (AvgIpc) is 3.52. The van der Waals surface area contributed by atoms with Crippen LogP contribution >= 0.6 is 11.3 Å². The van der Waals surface area contributed by atoms with Crippen molar-refractivity contribution in [1.29, 1.82) is 0 Å². The highest BCUT2D eigenvalue weighted by Gasteiger charge is 2.57. The Morgan fingerprint density at radius 2 is 1.97 bits per heavy atom. The van der Waals surface area contributed by atoms with E-state index in [9.17, 15) is 31.5 Å². The number of fused-ring (bicyclic) bond motifs is 2. The van der Waals surface area contributed by atoms with Crippen LogP contribution in [0.3, 0.4) is 0 Å². The van der Waals surface area contributed by atoms with Gasteiger partial charge in [0.05, 0.1) is 16.3 Å². The number of rotatable bonds is 6. The van der Waals surface area contributed by atoms with Crippen molar-refractivity contribution >= 4 is 45.9 Å². The lowest BCUT2D eigenvalue weighted by Crippen LogP contribution is -2.37. The molecule has 0 aliphatic carbocycles. The van der Waals surface area contributed by atoms with Crippen LogP contribution in [0.5, 0.6) is 5.88 Å². The minimum absolute atomic E-state index is 0.00157. The minimum Gasteiger partial charge on any atom is -0.407 e. The number of thiazole rings is 1. The van der Waals surface area contributed by atoms with Gasteiger partial charge in [-0.05, 0) is 19.1 Å². The molecule has 1 aliphatic heterocycles. The average molecular weight is 568 g/mol. The Kier molecular flexibility index (Phi) is 6.00. The summed E-state index contributed by atoms with van der Waals surface area (Å²) in [5.41, 5.74) is 5.07. The van der Waals surface area contributed by atoms with Crippen LogP contribution in [0.4, 0.5) is 33.6 Å². The molecule has 3 N–H and O–H groups in total. The first-order valence-electron chi connectivity index (χ1n) is 11.1. The van der Waals surface area contributed by atoms with E-state index in [-0.39, 0.29) is 50.6 Å². The lowest BCUT2D eigenvalue weighted by molar-refractivity contribution is -0.285. The number of halogens is 5. The van der Waals surface area contributed by atoms with E-state index in [2.05, 4.69) is 30.4 Å². The van der Waals surface area contributed by atoms with Gasteiger partial charge in [0.1, 0.15) is 27.8 Å². The molecular weight excluding hydrogens is 551 g/mol. The number of nitrogens with two attached hydrogens (primary N) is 1. The molecule has 0 saturated carbocycles. The molecule has 1 aliphatic rings. The first-order valence-corrected chi connectivity index (χ1v) is 12.0. The third kappa shape index (κ3) is 4.31. The zero-order chi connectivity index (χ0) is 28.3. The Hall–Kier alpha value is -4.28. The molecule has 4 aromatic rings. The standard InChI is InChI=1S/C22H17F5N8O3S/c1-9(36)38-11-8-39-19(30-11)20(2)12-14(28)31-16(32-15(12)33-18(20)37)13-10-4-3-6-29-17(10)35(34-13)7-5-21(23,24)22(25,26)27/h3-4,6,8H,5,7H2,1-2H3,(H3,28,31,32,33,37)/t20-/m0/s1. The number of ether oxygens (including phenoxy) is 1. The summed E-state index contributed by atoms with van der Waals surface area (Å²) in [5.74, 6) is -6.28. The topological polar surface area (TPSA) is 151 Å². The SMILES string of the molecule is CC(=O)Oc1csc([C@]2(C)C(=O)Nc3nc(-c4nn(CCC(F)(F)C(F)(F)F)c5ncccc45)nc(N)c32)n1. The highest BCUT2D eigenvalue weighted by Crippen LogP contribution is 2.46. The number of nitrogen functional groups attached to an aromatic ring is 1. The molecule has 1 amide bonds. The van der Waals surface area contributed by atoms with Crippen molar-refractivity contribution in [2.75, 3.05) is 11.1 Å². The summed E-state index contributed by atoms with van der Waals surface area (Å²) in [5, 5.41) is 8.75. The van der Waals surface area contributed by atoms with Crippen LogP contribution < -0.4 is 15.8 Å². The predicted molar refractivity (Wildman–Crippen MR) is 127 cm³/mol. The van der Waals surface area contributed by atoms with E-state index >= 15 is 0 Å². The number of hydrogen-bond acceptors (Lipinski definition) is 10. The van der Waals surface area contributed by atoms with E-state index in [0.717, 1.165) is 16.0 Å². The van der Waals surface area contributed by atoms with Gasteiger partial charge in [0, 0.05) is 26.1 Å². The molecule has 5 rings (SSSR count). The van der Waals surface area contributed by atoms with Gasteiger partial charge >= 0.3 is 18.1 Å². The fraction of sp³-hybridized carbons (Fsp3) is 0.318. The number of aromatic nitrogens is 6. The quantitative estimate of drug-likeness (QED) is 0.262. The van der Waals surface area contributed by atoms with E-state index in [0.29, 0.717) is 0 Å². The Bertz CT molecular complexity index is 1640. The van der Waals surface area contributed by atoms with Crippen molar-refractivity contribution in [3.8, 4) is 17.4 Å². The van der Waals surface area contributed by atoms with Crippen LogP contribution in [0.15, 0.2) is 23.7 Å². The molecule has 0 fully saturated rings. The van der Waals surface area contributed by atoms with Gasteiger partial charge in [0.15, 0.2) is 11.5 Å². The second-order valence-electron chi connectivity index (χ2n) is 8.72. The summed E-state index contributed by atoms with van der Waals surface area (Å²) in [6, 6.07) is 3.03. The molecule has 5 heterocycles. The molecule has 204 valence electrons. The number of aryl methyl sites for hydroxylation is 1. The first kappa shape index (κ1) is 26.3. The molecule has 1 atom stereocenters. The summed E-state index contributed by atoms with van der Waals surface area (Å²) in [6.45, 7) is 1.94. The van der Waals surface area contributed by atoms with Crippen LogP contribution in [-0.2, 0) is 21.5 Å². The smallest absolute Gasteiger partial charge is 0.407 e. The molecule has 0 radical (unpaired) electrons. The van der Waals surface area contributed by atoms with Crippen molar-refractivity contribution in [2.24, 2.45) is 0 Å². The van der Waals surface area contributed by atoms with Crippen molar-refractivity contribution < 1.29 is 36.3 Å². The van der Waals surface area contributed by atoms with Crippen molar-refractivity contribution in [3.05, 3.63) is 34.3 Å². The number of amides is 1. The largest absolute Gasteiger partial charge is 0.453 e. The van der Waals surface area contributed by atoms with E-state index in [1.54, 1.807) is 6.92 Å². The van der Waals surface area contributed by atoms with Crippen LogP contribution in [0, 0.1) is 0 Å². The lowest BCUT2D eigenvalue weighted by Gasteiger charge is -2.19. The molecule has 0 saturated heterocycles.